The number of hydrogen-bond donors (Lipinski definition) is 1. The summed E-state index contributed by atoms with van der Waals surface area (Å²) in [4.78, 5) is 25.9. The van der Waals surface area contributed by atoms with Gasteiger partial charge in [0.2, 0.25) is 5.75 Å². The van der Waals surface area contributed by atoms with E-state index in [-0.39, 0.29) is 17.6 Å². The highest BCUT2D eigenvalue weighted by molar-refractivity contribution is 6.33. The molecule has 1 aromatic heterocycles. The van der Waals surface area contributed by atoms with E-state index in [9.17, 15) is 4.79 Å². The number of anilines is 2. The summed E-state index contributed by atoms with van der Waals surface area (Å²) in [7, 11) is 1.53. The monoisotopic (exact) mass is 471 g/mol. The fraction of sp³-hybridized carbons (Fsp3) is 0.478. The highest BCUT2D eigenvalue weighted by Crippen LogP contribution is 2.58. The van der Waals surface area contributed by atoms with Crippen molar-refractivity contribution in [2.45, 2.75) is 32.8 Å². The topological polar surface area (TPSA) is 90.2 Å². The van der Waals surface area contributed by atoms with Gasteiger partial charge in [0.05, 0.1) is 37.1 Å². The first-order valence-corrected chi connectivity index (χ1v) is 11.1. The number of benzene rings is 1. The van der Waals surface area contributed by atoms with Crippen molar-refractivity contribution < 1.29 is 19.0 Å². The van der Waals surface area contributed by atoms with Gasteiger partial charge < -0.3 is 24.4 Å². The zero-order chi connectivity index (χ0) is 23.6. The van der Waals surface area contributed by atoms with Crippen LogP contribution in [0, 0.1) is 17.9 Å². The molecule has 2 heterocycles. The van der Waals surface area contributed by atoms with E-state index in [4.69, 9.17) is 32.4 Å². The molecule has 2 unspecified atom stereocenters. The first kappa shape index (κ1) is 22.9. The molecule has 2 fully saturated rings. The second-order valence-corrected chi connectivity index (χ2v) is 9.05. The Kier molecular flexibility index (Phi) is 6.47. The van der Waals surface area contributed by atoms with Gasteiger partial charge in [-0.05, 0) is 44.7 Å². The smallest absolute Gasteiger partial charge is 0.410 e. The van der Waals surface area contributed by atoms with E-state index in [1.807, 2.05) is 13.8 Å². The molecule has 33 heavy (non-hydrogen) atoms. The minimum absolute atomic E-state index is 0.0388. The standard InChI is InChI=1S/C23H26ClN5O4/c1-14(2)33-22(30)29-8-7-23(10-15(23)11-29)12-32-21-19(31-4)20(26-13-27-21)28-18-6-5-16(25-3)9-17(18)24/h5-6,9,13-15H,7-8,10-12H2,1-2,4H3,(H,26,27,28). The van der Waals surface area contributed by atoms with Crippen LogP contribution < -0.4 is 14.8 Å². The highest BCUT2D eigenvalue weighted by Gasteiger charge is 2.58. The first-order chi connectivity index (χ1) is 15.8. The Bertz CT molecular complexity index is 1090. The Morgan fingerprint density at radius 3 is 2.91 bits per heavy atom. The zero-order valence-electron chi connectivity index (χ0n) is 18.8. The van der Waals surface area contributed by atoms with Gasteiger partial charge in [-0.25, -0.2) is 14.6 Å². The van der Waals surface area contributed by atoms with Gasteiger partial charge in [0, 0.05) is 18.5 Å². The molecule has 1 amide bonds. The number of ether oxygens (including phenoxy) is 3. The average molecular weight is 472 g/mol. The number of aromatic nitrogens is 2. The van der Waals surface area contributed by atoms with E-state index in [1.54, 1.807) is 23.1 Å². The third kappa shape index (κ3) is 4.91. The largest absolute Gasteiger partial charge is 0.489 e. The SMILES string of the molecule is [C-]#[N+]c1ccc(Nc2ncnc(OCC34CCN(C(=O)OC(C)C)CC3C4)c2OC)c(Cl)c1. The number of carbonyl (C=O) groups is 1. The number of fused-ring (bicyclic) bond motifs is 1. The fourth-order valence-corrected chi connectivity index (χ4v) is 4.37. The van der Waals surface area contributed by atoms with E-state index in [1.165, 1.54) is 13.4 Å². The summed E-state index contributed by atoms with van der Waals surface area (Å²) in [6.07, 6.45) is 2.88. The number of amides is 1. The van der Waals surface area contributed by atoms with Crippen LogP contribution in [-0.4, -0.2) is 53.9 Å². The highest BCUT2D eigenvalue weighted by atomic mass is 35.5. The van der Waals surface area contributed by atoms with Gasteiger partial charge in [0.25, 0.3) is 5.88 Å². The molecule has 1 aromatic carbocycles. The summed E-state index contributed by atoms with van der Waals surface area (Å²) >= 11 is 6.28. The summed E-state index contributed by atoms with van der Waals surface area (Å²) in [5.41, 5.74) is 1.08. The average Bonchev–Trinajstić information content (AvgIpc) is 3.52. The van der Waals surface area contributed by atoms with Gasteiger partial charge in [0.1, 0.15) is 6.33 Å². The van der Waals surface area contributed by atoms with Crippen LogP contribution in [-0.2, 0) is 4.74 Å². The molecule has 0 radical (unpaired) electrons. The van der Waals surface area contributed by atoms with Crippen LogP contribution in [0.2, 0.25) is 5.02 Å². The molecule has 1 saturated heterocycles. The number of piperidine rings is 1. The lowest BCUT2D eigenvalue weighted by atomic mass is 9.96. The molecule has 174 valence electrons. The second-order valence-electron chi connectivity index (χ2n) is 8.64. The minimum Gasteiger partial charge on any atom is -0.489 e. The summed E-state index contributed by atoms with van der Waals surface area (Å²) in [5.74, 6) is 1.51. The molecule has 0 spiro atoms. The number of hydrogen-bond acceptors (Lipinski definition) is 7. The van der Waals surface area contributed by atoms with Gasteiger partial charge in [-0.15, -0.1) is 0 Å². The van der Waals surface area contributed by atoms with Crippen LogP contribution >= 0.6 is 11.6 Å². The molecular formula is C23H26ClN5O4. The van der Waals surface area contributed by atoms with Crippen molar-refractivity contribution >= 4 is 34.9 Å². The maximum Gasteiger partial charge on any atom is 0.410 e. The van der Waals surface area contributed by atoms with E-state index in [0.717, 1.165) is 12.8 Å². The molecule has 2 aliphatic rings. The number of likely N-dealkylation sites (tertiary alicyclic amines) is 1. The molecule has 1 aliphatic heterocycles. The van der Waals surface area contributed by atoms with E-state index in [2.05, 4.69) is 20.1 Å². The van der Waals surface area contributed by atoms with Gasteiger partial charge in [-0.1, -0.05) is 17.7 Å². The van der Waals surface area contributed by atoms with Crippen LogP contribution in [0.25, 0.3) is 4.85 Å². The van der Waals surface area contributed by atoms with Gasteiger partial charge >= 0.3 is 6.09 Å². The van der Waals surface area contributed by atoms with E-state index in [0.29, 0.717) is 59.5 Å². The number of carbonyl (C=O) groups excluding carboxylic acids is 1. The van der Waals surface area contributed by atoms with Crippen molar-refractivity contribution in [1.82, 2.24) is 14.9 Å². The number of nitrogens with zero attached hydrogens (tertiary/aromatic N) is 4. The van der Waals surface area contributed by atoms with Gasteiger partial charge in [-0.3, -0.25) is 0 Å². The van der Waals surface area contributed by atoms with E-state index < -0.39 is 0 Å². The van der Waals surface area contributed by atoms with Crippen molar-refractivity contribution in [3.05, 3.63) is 41.0 Å². The summed E-state index contributed by atoms with van der Waals surface area (Å²) in [5, 5.41) is 3.52. The first-order valence-electron chi connectivity index (χ1n) is 10.8. The quantitative estimate of drug-likeness (QED) is 0.564. The molecule has 1 aliphatic carbocycles. The Morgan fingerprint density at radius 2 is 2.24 bits per heavy atom. The number of rotatable bonds is 7. The Hall–Kier alpha value is -3.25. The molecule has 2 aromatic rings. The van der Waals surface area contributed by atoms with Crippen LogP contribution in [0.1, 0.15) is 26.7 Å². The number of halogens is 1. The minimum atomic E-state index is -0.248. The molecule has 4 rings (SSSR count). The van der Waals surface area contributed by atoms with Crippen LogP contribution in [0.15, 0.2) is 24.5 Å². The maximum absolute atomic E-state index is 12.2. The second kappa shape index (κ2) is 9.32. The summed E-state index contributed by atoms with van der Waals surface area (Å²) in [6.45, 7) is 12.6. The molecular weight excluding hydrogens is 446 g/mol. The molecule has 0 bridgehead atoms. The lowest BCUT2D eigenvalue weighted by molar-refractivity contribution is 0.0585. The van der Waals surface area contributed by atoms with Crippen LogP contribution in [0.4, 0.5) is 22.0 Å². The predicted octanol–water partition coefficient (Wildman–Crippen LogP) is 5.07. The van der Waals surface area contributed by atoms with Crippen molar-refractivity contribution in [2.24, 2.45) is 11.3 Å². The molecule has 9 nitrogen and oxygen atoms in total. The fourth-order valence-electron chi connectivity index (χ4n) is 4.15. The lowest BCUT2D eigenvalue weighted by Gasteiger charge is -2.31. The third-order valence-corrected chi connectivity index (χ3v) is 6.39. The maximum atomic E-state index is 12.2. The van der Waals surface area contributed by atoms with E-state index >= 15 is 0 Å². The summed E-state index contributed by atoms with van der Waals surface area (Å²) in [6, 6.07) is 4.96. The predicted molar refractivity (Wildman–Crippen MR) is 123 cm³/mol. The van der Waals surface area contributed by atoms with Gasteiger partial charge in [-0.2, -0.15) is 4.98 Å². The number of methoxy groups -OCH3 is 1. The van der Waals surface area contributed by atoms with Crippen molar-refractivity contribution in [3.8, 4) is 11.6 Å². The van der Waals surface area contributed by atoms with Gasteiger partial charge in [0.15, 0.2) is 11.5 Å². The third-order valence-electron chi connectivity index (χ3n) is 6.08. The van der Waals surface area contributed by atoms with Crippen LogP contribution in [0.3, 0.4) is 0 Å². The molecule has 2 atom stereocenters. The van der Waals surface area contributed by atoms with Crippen LogP contribution in [0.5, 0.6) is 11.6 Å². The lowest BCUT2D eigenvalue weighted by Crippen LogP contribution is -2.41. The molecule has 10 heteroatoms. The Labute approximate surface area is 197 Å². The van der Waals surface area contributed by atoms with Crippen molar-refractivity contribution in [1.29, 1.82) is 0 Å². The van der Waals surface area contributed by atoms with Crippen molar-refractivity contribution in [3.63, 3.8) is 0 Å². The Balaban J connectivity index is 1.41. The normalized spacial score (nSPS) is 21.1. The summed E-state index contributed by atoms with van der Waals surface area (Å²) < 4.78 is 16.9. The molecule has 1 N–H and O–H groups in total. The van der Waals surface area contributed by atoms with Crippen molar-refractivity contribution in [2.75, 3.05) is 32.1 Å². The Morgan fingerprint density at radius 1 is 1.42 bits per heavy atom. The number of nitrogens with one attached hydrogen (secondary N) is 1. The zero-order valence-corrected chi connectivity index (χ0v) is 19.6. The molecule has 1 saturated carbocycles.